The zero-order valence-corrected chi connectivity index (χ0v) is 23.4. The van der Waals surface area contributed by atoms with Crippen LogP contribution < -0.4 is 10.0 Å². The average Bonchev–Trinajstić information content (AvgIpc) is 2.90. The first kappa shape index (κ1) is 28.1. The van der Waals surface area contributed by atoms with Crippen LogP contribution in [0.1, 0.15) is 56.8 Å². The molecule has 1 aliphatic heterocycles. The summed E-state index contributed by atoms with van der Waals surface area (Å²) >= 11 is 0. The van der Waals surface area contributed by atoms with Gasteiger partial charge in [-0.3, -0.25) is 9.78 Å². The Hall–Kier alpha value is -2.88. The van der Waals surface area contributed by atoms with Gasteiger partial charge < -0.3 is 10.2 Å². The van der Waals surface area contributed by atoms with E-state index in [0.717, 1.165) is 44.5 Å². The van der Waals surface area contributed by atoms with Gasteiger partial charge in [-0.2, -0.15) is 0 Å². The van der Waals surface area contributed by atoms with Crippen LogP contribution in [0.15, 0.2) is 53.7 Å². The number of hydrogen-bond donors (Lipinski definition) is 2. The fourth-order valence-electron chi connectivity index (χ4n) is 5.26. The number of unbranched alkanes of at least 4 members (excludes halogenated alkanes) is 1. The van der Waals surface area contributed by atoms with E-state index < -0.39 is 10.0 Å². The molecule has 9 heteroatoms. The summed E-state index contributed by atoms with van der Waals surface area (Å²) in [6.45, 7) is 10.7. The number of pyridine rings is 2. The van der Waals surface area contributed by atoms with Crippen LogP contribution in [0.25, 0.3) is 22.2 Å². The molecule has 0 aliphatic carbocycles. The molecule has 1 saturated heterocycles. The van der Waals surface area contributed by atoms with Gasteiger partial charge in [0.1, 0.15) is 0 Å². The van der Waals surface area contributed by atoms with Gasteiger partial charge >= 0.3 is 0 Å². The second-order valence-electron chi connectivity index (χ2n) is 10.5. The summed E-state index contributed by atoms with van der Waals surface area (Å²) in [6, 6.07) is 10.2. The van der Waals surface area contributed by atoms with Crippen LogP contribution >= 0.6 is 0 Å². The zero-order chi connectivity index (χ0) is 27.1. The van der Waals surface area contributed by atoms with Crippen LogP contribution in [0.3, 0.4) is 0 Å². The molecule has 2 atom stereocenters. The Labute approximate surface area is 226 Å². The maximum atomic E-state index is 13.4. The molecule has 3 aromatic rings. The molecule has 1 amide bonds. The highest BCUT2D eigenvalue weighted by atomic mass is 32.2. The van der Waals surface area contributed by atoms with Gasteiger partial charge in [0, 0.05) is 49.5 Å². The highest BCUT2D eigenvalue weighted by Crippen LogP contribution is 2.27. The average molecular weight is 538 g/mol. The highest BCUT2D eigenvalue weighted by Gasteiger charge is 2.22. The molecule has 0 spiro atoms. The highest BCUT2D eigenvalue weighted by molar-refractivity contribution is 7.89. The molecule has 0 bridgehead atoms. The van der Waals surface area contributed by atoms with E-state index in [4.69, 9.17) is 4.98 Å². The molecule has 2 aromatic heterocycles. The Kier molecular flexibility index (Phi) is 9.46. The number of rotatable bonds is 11. The predicted octanol–water partition coefficient (Wildman–Crippen LogP) is 4.47. The van der Waals surface area contributed by atoms with Gasteiger partial charge in [0.25, 0.3) is 5.91 Å². The summed E-state index contributed by atoms with van der Waals surface area (Å²) in [6.07, 6.45) is 7.16. The van der Waals surface area contributed by atoms with Crippen LogP contribution in [0.2, 0.25) is 0 Å². The lowest BCUT2D eigenvalue weighted by Gasteiger charge is -2.34. The summed E-state index contributed by atoms with van der Waals surface area (Å²) in [4.78, 5) is 24.9. The fraction of sp³-hybridized carbons (Fsp3) is 0.483. The number of benzene rings is 1. The standard InChI is InChI=1S/C29H39N5O3S/c1-4-5-13-32-38(36,37)24-9-10-27-25(16-24)26(17-28(33-27)23-8-6-11-30-18-23)29(35)31-12-7-14-34-19-21(2)15-22(3)20-34/h6,8-11,16-18,21-22,32H,4-5,7,12-15,19-20H2,1-3H3,(H,31,35). The summed E-state index contributed by atoms with van der Waals surface area (Å²) in [7, 11) is -3.70. The molecule has 4 rings (SSSR count). The van der Waals surface area contributed by atoms with E-state index in [9.17, 15) is 13.2 Å². The van der Waals surface area contributed by atoms with E-state index in [2.05, 4.69) is 33.8 Å². The van der Waals surface area contributed by atoms with Crippen molar-refractivity contribution < 1.29 is 13.2 Å². The van der Waals surface area contributed by atoms with Crippen LogP contribution in [0.4, 0.5) is 0 Å². The van der Waals surface area contributed by atoms with Crippen LogP contribution in [-0.4, -0.2) is 61.9 Å². The Morgan fingerprint density at radius 1 is 1.08 bits per heavy atom. The van der Waals surface area contributed by atoms with E-state index in [0.29, 0.717) is 47.1 Å². The van der Waals surface area contributed by atoms with Crippen molar-refractivity contribution in [3.63, 3.8) is 0 Å². The van der Waals surface area contributed by atoms with Crippen molar-refractivity contribution in [2.45, 2.75) is 51.3 Å². The zero-order valence-electron chi connectivity index (χ0n) is 22.6. The number of sulfonamides is 1. The Morgan fingerprint density at radius 2 is 1.87 bits per heavy atom. The number of hydrogen-bond acceptors (Lipinski definition) is 6. The van der Waals surface area contributed by atoms with Crippen molar-refractivity contribution in [3.8, 4) is 11.3 Å². The van der Waals surface area contributed by atoms with E-state index in [1.807, 2.05) is 19.1 Å². The molecule has 2 N–H and O–H groups in total. The number of likely N-dealkylation sites (tertiary alicyclic amines) is 1. The normalized spacial score (nSPS) is 18.5. The fourth-order valence-corrected chi connectivity index (χ4v) is 6.36. The largest absolute Gasteiger partial charge is 0.352 e. The number of carbonyl (C=O) groups is 1. The third-order valence-electron chi connectivity index (χ3n) is 7.00. The first-order valence-electron chi connectivity index (χ1n) is 13.6. The van der Waals surface area contributed by atoms with Gasteiger partial charge in [0.15, 0.2) is 0 Å². The Morgan fingerprint density at radius 3 is 2.58 bits per heavy atom. The van der Waals surface area contributed by atoms with Crippen LogP contribution in [-0.2, 0) is 10.0 Å². The summed E-state index contributed by atoms with van der Waals surface area (Å²) in [5, 5.41) is 3.56. The SMILES string of the molecule is CCCCNS(=O)(=O)c1ccc2nc(-c3cccnc3)cc(C(=O)NCCCN3CC(C)CC(C)C3)c2c1. The molecule has 3 heterocycles. The van der Waals surface area contributed by atoms with E-state index in [-0.39, 0.29) is 10.8 Å². The minimum atomic E-state index is -3.70. The molecule has 2 unspecified atom stereocenters. The number of aromatic nitrogens is 2. The van der Waals surface area contributed by atoms with E-state index >= 15 is 0 Å². The van der Waals surface area contributed by atoms with E-state index in [1.165, 1.54) is 6.42 Å². The number of nitrogens with one attached hydrogen (secondary N) is 2. The smallest absolute Gasteiger partial charge is 0.252 e. The molecule has 1 fully saturated rings. The van der Waals surface area contributed by atoms with E-state index in [1.54, 1.807) is 36.7 Å². The van der Waals surface area contributed by atoms with Crippen molar-refractivity contribution in [2.24, 2.45) is 11.8 Å². The molecular formula is C29H39N5O3S. The topological polar surface area (TPSA) is 104 Å². The molecule has 1 aliphatic rings. The van der Waals surface area contributed by atoms with Gasteiger partial charge in [-0.05, 0) is 74.0 Å². The van der Waals surface area contributed by atoms with Crippen molar-refractivity contribution in [2.75, 3.05) is 32.7 Å². The van der Waals surface area contributed by atoms with Crippen molar-refractivity contribution >= 4 is 26.8 Å². The molecule has 0 radical (unpaired) electrons. The molecule has 204 valence electrons. The van der Waals surface area contributed by atoms with Gasteiger partial charge in [-0.25, -0.2) is 18.1 Å². The summed E-state index contributed by atoms with van der Waals surface area (Å²) in [5.41, 5.74) is 2.36. The van der Waals surface area contributed by atoms with Gasteiger partial charge in [0.2, 0.25) is 10.0 Å². The second kappa shape index (κ2) is 12.8. The monoisotopic (exact) mass is 537 g/mol. The minimum Gasteiger partial charge on any atom is -0.352 e. The first-order valence-corrected chi connectivity index (χ1v) is 15.1. The first-order chi connectivity index (χ1) is 18.3. The lowest BCUT2D eigenvalue weighted by Crippen LogP contribution is -2.40. The lowest BCUT2D eigenvalue weighted by molar-refractivity contribution is 0.0949. The molecule has 8 nitrogen and oxygen atoms in total. The Balaban J connectivity index is 1.57. The second-order valence-corrected chi connectivity index (χ2v) is 12.3. The minimum absolute atomic E-state index is 0.124. The number of amides is 1. The number of carbonyl (C=O) groups excluding carboxylic acids is 1. The van der Waals surface area contributed by atoms with Crippen molar-refractivity contribution in [1.82, 2.24) is 24.9 Å². The van der Waals surface area contributed by atoms with Gasteiger partial charge in [0.05, 0.1) is 21.7 Å². The van der Waals surface area contributed by atoms with Crippen LogP contribution in [0, 0.1) is 11.8 Å². The molecule has 1 aromatic carbocycles. The molecule has 0 saturated carbocycles. The maximum Gasteiger partial charge on any atom is 0.252 e. The number of nitrogens with zero attached hydrogens (tertiary/aromatic N) is 3. The summed E-state index contributed by atoms with van der Waals surface area (Å²) < 4.78 is 28.4. The van der Waals surface area contributed by atoms with Crippen molar-refractivity contribution in [1.29, 1.82) is 0 Å². The predicted molar refractivity (Wildman–Crippen MR) is 151 cm³/mol. The van der Waals surface area contributed by atoms with Gasteiger partial charge in [-0.15, -0.1) is 0 Å². The third kappa shape index (κ3) is 7.15. The Bertz CT molecular complexity index is 1340. The maximum absolute atomic E-state index is 13.4. The summed E-state index contributed by atoms with van der Waals surface area (Å²) in [5.74, 6) is 1.16. The lowest BCUT2D eigenvalue weighted by atomic mass is 9.92. The quantitative estimate of drug-likeness (QED) is 0.350. The molecule has 38 heavy (non-hydrogen) atoms. The van der Waals surface area contributed by atoms with Gasteiger partial charge in [-0.1, -0.05) is 27.2 Å². The molecular weight excluding hydrogens is 498 g/mol. The van der Waals surface area contributed by atoms with Crippen LogP contribution in [0.5, 0.6) is 0 Å². The number of fused-ring (bicyclic) bond motifs is 1. The number of piperidine rings is 1. The van der Waals surface area contributed by atoms with Crippen molar-refractivity contribution in [3.05, 3.63) is 54.4 Å². The third-order valence-corrected chi connectivity index (χ3v) is 8.45.